The summed E-state index contributed by atoms with van der Waals surface area (Å²) in [6.45, 7) is 8.99. The quantitative estimate of drug-likeness (QED) is 0.308. The van der Waals surface area contributed by atoms with Crippen molar-refractivity contribution in [1.82, 2.24) is 29.7 Å². The van der Waals surface area contributed by atoms with Crippen LogP contribution in [0.4, 0.5) is 21.2 Å². The molecular weight excluding hydrogens is 559 g/mol. The van der Waals surface area contributed by atoms with E-state index in [0.29, 0.717) is 49.8 Å². The highest BCUT2D eigenvalue weighted by Crippen LogP contribution is 2.37. The third-order valence-corrected chi connectivity index (χ3v) is 9.05. The smallest absolute Gasteiger partial charge is 0.304 e. The number of anilines is 3. The normalized spacial score (nSPS) is 18.0. The van der Waals surface area contributed by atoms with E-state index in [0.717, 1.165) is 47.6 Å². The number of carboxylic acids is 1. The average Bonchev–Trinajstić information content (AvgIpc) is 3.63. The Balaban J connectivity index is 1.39. The SMILES string of the molecule is CCc1cc(-c2nc(Nc3ncnc(N4CCN(CCC(=O)O)CC4)c3F)sc2CN2CCC[C@H]2CC)cnc1OC. The van der Waals surface area contributed by atoms with Gasteiger partial charge >= 0.3 is 5.97 Å². The molecule has 11 nitrogen and oxygen atoms in total. The summed E-state index contributed by atoms with van der Waals surface area (Å²) in [4.78, 5) is 36.4. The molecule has 1 atom stereocenters. The van der Waals surface area contributed by atoms with Crippen LogP contribution >= 0.6 is 11.3 Å². The lowest BCUT2D eigenvalue weighted by Gasteiger charge is -2.35. The third-order valence-electron chi connectivity index (χ3n) is 8.10. The molecule has 2 aliphatic heterocycles. The van der Waals surface area contributed by atoms with Crippen molar-refractivity contribution in [2.45, 2.75) is 58.5 Å². The van der Waals surface area contributed by atoms with Crippen molar-refractivity contribution in [2.75, 3.05) is 56.6 Å². The second-order valence-corrected chi connectivity index (χ2v) is 11.8. The molecule has 3 aromatic heterocycles. The molecule has 3 aromatic rings. The summed E-state index contributed by atoms with van der Waals surface area (Å²) >= 11 is 1.51. The maximum atomic E-state index is 15.8. The van der Waals surface area contributed by atoms with E-state index in [4.69, 9.17) is 14.8 Å². The fourth-order valence-electron chi connectivity index (χ4n) is 5.76. The van der Waals surface area contributed by atoms with Crippen molar-refractivity contribution in [3.05, 3.63) is 34.8 Å². The minimum atomic E-state index is -0.817. The zero-order valence-electron chi connectivity index (χ0n) is 24.5. The lowest BCUT2D eigenvalue weighted by Crippen LogP contribution is -2.47. The summed E-state index contributed by atoms with van der Waals surface area (Å²) in [5, 5.41) is 12.7. The van der Waals surface area contributed by atoms with E-state index >= 15 is 4.39 Å². The van der Waals surface area contributed by atoms with E-state index in [9.17, 15) is 4.79 Å². The first-order valence-corrected chi connectivity index (χ1v) is 15.4. The van der Waals surface area contributed by atoms with Gasteiger partial charge in [-0.1, -0.05) is 25.2 Å². The van der Waals surface area contributed by atoms with Crippen LogP contribution in [0.25, 0.3) is 11.3 Å². The number of hydrogen-bond donors (Lipinski definition) is 2. The number of carbonyl (C=O) groups is 1. The maximum Gasteiger partial charge on any atom is 0.304 e. The molecule has 0 amide bonds. The minimum absolute atomic E-state index is 0.0786. The van der Waals surface area contributed by atoms with Crippen LogP contribution in [0.5, 0.6) is 5.88 Å². The first-order chi connectivity index (χ1) is 20.4. The molecule has 42 heavy (non-hydrogen) atoms. The molecule has 0 spiro atoms. The molecule has 5 heterocycles. The zero-order valence-corrected chi connectivity index (χ0v) is 25.3. The van der Waals surface area contributed by atoms with E-state index in [1.807, 2.05) is 4.90 Å². The molecular formula is C29H39FN8O3S. The van der Waals surface area contributed by atoms with Gasteiger partial charge in [-0.05, 0) is 38.3 Å². The molecule has 2 fully saturated rings. The van der Waals surface area contributed by atoms with Gasteiger partial charge in [-0.15, -0.1) is 0 Å². The van der Waals surface area contributed by atoms with Gasteiger partial charge in [0.15, 0.2) is 16.8 Å². The van der Waals surface area contributed by atoms with Gasteiger partial charge in [-0.3, -0.25) is 14.6 Å². The number of carboxylic acid groups (broad SMARTS) is 1. The highest BCUT2D eigenvalue weighted by Gasteiger charge is 2.27. The Morgan fingerprint density at radius 1 is 1.19 bits per heavy atom. The largest absolute Gasteiger partial charge is 0.481 e. The number of rotatable bonds is 12. The van der Waals surface area contributed by atoms with Gasteiger partial charge in [0.05, 0.1) is 19.2 Å². The molecule has 0 radical (unpaired) electrons. The number of nitrogens with zero attached hydrogens (tertiary/aromatic N) is 7. The van der Waals surface area contributed by atoms with Crippen LogP contribution in [0.15, 0.2) is 18.6 Å². The number of halogens is 1. The van der Waals surface area contributed by atoms with Crippen LogP contribution in [0.3, 0.4) is 0 Å². The van der Waals surface area contributed by atoms with E-state index in [-0.39, 0.29) is 18.1 Å². The van der Waals surface area contributed by atoms with Gasteiger partial charge in [-0.2, -0.15) is 4.39 Å². The van der Waals surface area contributed by atoms with Crippen LogP contribution in [0.2, 0.25) is 0 Å². The number of aryl methyl sites for hydroxylation is 1. The molecule has 0 aliphatic carbocycles. The molecule has 5 rings (SSSR count). The van der Waals surface area contributed by atoms with E-state index in [1.54, 1.807) is 13.3 Å². The summed E-state index contributed by atoms with van der Waals surface area (Å²) in [5.74, 6) is -0.421. The van der Waals surface area contributed by atoms with Crippen molar-refractivity contribution in [1.29, 1.82) is 0 Å². The molecule has 2 aliphatic rings. The topological polar surface area (TPSA) is 120 Å². The number of thiazole rings is 1. The Morgan fingerprint density at radius 3 is 2.71 bits per heavy atom. The number of aliphatic carboxylic acids is 1. The lowest BCUT2D eigenvalue weighted by atomic mass is 10.1. The number of hydrogen-bond acceptors (Lipinski definition) is 11. The molecule has 0 bridgehead atoms. The lowest BCUT2D eigenvalue weighted by molar-refractivity contribution is -0.137. The summed E-state index contributed by atoms with van der Waals surface area (Å²) in [7, 11) is 1.62. The molecule has 0 unspecified atom stereocenters. The second kappa shape index (κ2) is 13.7. The Kier molecular flexibility index (Phi) is 9.80. The Hall–Kier alpha value is -3.42. The molecule has 2 N–H and O–H groups in total. The number of nitrogens with one attached hydrogen (secondary N) is 1. The van der Waals surface area contributed by atoms with Gasteiger partial charge < -0.3 is 20.1 Å². The summed E-state index contributed by atoms with van der Waals surface area (Å²) < 4.78 is 21.2. The molecule has 226 valence electrons. The first kappa shape index (κ1) is 30.1. The number of aromatic nitrogens is 4. The number of piperazine rings is 1. The van der Waals surface area contributed by atoms with Crippen molar-refractivity contribution in [2.24, 2.45) is 0 Å². The summed E-state index contributed by atoms with van der Waals surface area (Å²) in [6.07, 6.45) is 7.52. The fourth-order valence-corrected chi connectivity index (χ4v) is 6.77. The molecule has 0 saturated carbocycles. The maximum absolute atomic E-state index is 15.8. The summed E-state index contributed by atoms with van der Waals surface area (Å²) in [5.41, 5.74) is 2.75. The van der Waals surface area contributed by atoms with Crippen LogP contribution in [-0.2, 0) is 17.8 Å². The standard InChI is InChI=1S/C29H39FN8O3S/c1-4-19-15-20(16-31-28(19)41-3)25-22(17-38-9-6-7-21(38)5-2)42-29(34-25)35-26-24(30)27(33-18-32-26)37-13-11-36(12-14-37)10-8-23(39)40/h15-16,18,21H,4-14,17H2,1-3H3,(H,39,40)(H,32,33,34,35)/t21-/m1/s1. The van der Waals surface area contributed by atoms with Crippen molar-refractivity contribution >= 4 is 34.1 Å². The predicted octanol–water partition coefficient (Wildman–Crippen LogP) is 4.42. The Labute approximate surface area is 249 Å². The van der Waals surface area contributed by atoms with Crippen LogP contribution in [0.1, 0.15) is 50.0 Å². The highest BCUT2D eigenvalue weighted by atomic mass is 32.1. The monoisotopic (exact) mass is 598 g/mol. The van der Waals surface area contributed by atoms with Gasteiger partial charge in [0, 0.05) is 67.5 Å². The van der Waals surface area contributed by atoms with Crippen LogP contribution < -0.4 is 15.0 Å². The van der Waals surface area contributed by atoms with E-state index in [1.165, 1.54) is 30.5 Å². The predicted molar refractivity (Wildman–Crippen MR) is 161 cm³/mol. The second-order valence-electron chi connectivity index (χ2n) is 10.7. The number of methoxy groups -OCH3 is 1. The van der Waals surface area contributed by atoms with E-state index in [2.05, 4.69) is 50.0 Å². The van der Waals surface area contributed by atoms with Gasteiger partial charge in [0.25, 0.3) is 0 Å². The van der Waals surface area contributed by atoms with Crippen LogP contribution in [0, 0.1) is 5.82 Å². The number of ether oxygens (including phenoxy) is 1. The van der Waals surface area contributed by atoms with Gasteiger partial charge in [-0.25, -0.2) is 19.9 Å². The van der Waals surface area contributed by atoms with Gasteiger partial charge in [0.1, 0.15) is 6.33 Å². The van der Waals surface area contributed by atoms with Crippen molar-refractivity contribution < 1.29 is 19.0 Å². The third kappa shape index (κ3) is 6.79. The average molecular weight is 599 g/mol. The van der Waals surface area contributed by atoms with Gasteiger partial charge in [0.2, 0.25) is 11.7 Å². The van der Waals surface area contributed by atoms with Crippen molar-refractivity contribution in [3.63, 3.8) is 0 Å². The highest BCUT2D eigenvalue weighted by molar-refractivity contribution is 7.16. The molecule has 2 saturated heterocycles. The molecule has 13 heteroatoms. The van der Waals surface area contributed by atoms with Crippen LogP contribution in [-0.4, -0.2) is 93.2 Å². The Morgan fingerprint density at radius 2 is 2.00 bits per heavy atom. The summed E-state index contributed by atoms with van der Waals surface area (Å²) in [6, 6.07) is 2.62. The fraction of sp³-hybridized carbons (Fsp3) is 0.552. The molecule has 0 aromatic carbocycles. The zero-order chi connectivity index (χ0) is 29.6. The first-order valence-electron chi connectivity index (χ1n) is 14.6. The minimum Gasteiger partial charge on any atom is -0.481 e. The Bertz CT molecular complexity index is 1380. The number of pyridine rings is 1. The van der Waals surface area contributed by atoms with E-state index < -0.39 is 11.8 Å². The number of likely N-dealkylation sites (tertiary alicyclic amines) is 1. The van der Waals surface area contributed by atoms with Crippen molar-refractivity contribution in [3.8, 4) is 17.1 Å².